The molecule has 0 saturated carbocycles. The summed E-state index contributed by atoms with van der Waals surface area (Å²) in [6, 6.07) is 6.81. The fourth-order valence-electron chi connectivity index (χ4n) is 2.85. The van der Waals surface area contributed by atoms with Gasteiger partial charge in [0.1, 0.15) is 0 Å². The minimum absolute atomic E-state index is 0.0446. The fourth-order valence-corrected chi connectivity index (χ4v) is 2.85. The molecule has 0 spiro atoms. The highest BCUT2D eigenvalue weighted by Gasteiger charge is 2.31. The second-order valence-corrected chi connectivity index (χ2v) is 5.76. The number of halogens is 3. The van der Waals surface area contributed by atoms with E-state index in [0.717, 1.165) is 31.7 Å². The third-order valence-corrected chi connectivity index (χ3v) is 3.91. The Labute approximate surface area is 134 Å². The van der Waals surface area contributed by atoms with Crippen LogP contribution < -0.4 is 10.6 Å². The van der Waals surface area contributed by atoms with Gasteiger partial charge in [0.05, 0.1) is 0 Å². The predicted molar refractivity (Wildman–Crippen MR) is 83.2 cm³/mol. The Balaban J connectivity index is 2.12. The molecule has 1 atom stereocenters. The van der Waals surface area contributed by atoms with E-state index in [0.29, 0.717) is 5.69 Å². The van der Waals surface area contributed by atoms with E-state index in [1.807, 2.05) is 0 Å². The maximum atomic E-state index is 12.6. The van der Waals surface area contributed by atoms with Gasteiger partial charge in [-0.15, -0.1) is 0 Å². The zero-order valence-corrected chi connectivity index (χ0v) is 13.1. The lowest BCUT2D eigenvalue weighted by atomic mass is 9.99. The van der Waals surface area contributed by atoms with Crippen molar-refractivity contribution in [2.45, 2.75) is 32.0 Å². The Morgan fingerprint density at radius 2 is 1.87 bits per heavy atom. The van der Waals surface area contributed by atoms with Crippen molar-refractivity contribution in [3.8, 4) is 0 Å². The number of benzene rings is 1. The monoisotopic (exact) mass is 329 g/mol. The van der Waals surface area contributed by atoms with Gasteiger partial charge >= 0.3 is 6.18 Å². The first-order chi connectivity index (χ1) is 10.8. The van der Waals surface area contributed by atoms with Crippen molar-refractivity contribution in [1.29, 1.82) is 0 Å². The number of amides is 1. The lowest BCUT2D eigenvalue weighted by Gasteiger charge is -2.35. The molecule has 1 aliphatic rings. The Bertz CT molecular complexity index is 510. The minimum atomic E-state index is -4.15. The van der Waals surface area contributed by atoms with Gasteiger partial charge in [0.25, 0.3) is 0 Å². The summed E-state index contributed by atoms with van der Waals surface area (Å²) in [7, 11) is 0. The average molecular weight is 329 g/mol. The van der Waals surface area contributed by atoms with Gasteiger partial charge in [-0.3, -0.25) is 9.69 Å². The number of carbonyl (C=O) groups is 1. The van der Waals surface area contributed by atoms with E-state index in [1.165, 1.54) is 6.92 Å². The van der Waals surface area contributed by atoms with Crippen LogP contribution in [0.3, 0.4) is 0 Å². The van der Waals surface area contributed by atoms with Gasteiger partial charge in [-0.2, -0.15) is 13.2 Å². The van der Waals surface area contributed by atoms with E-state index in [1.54, 1.807) is 24.3 Å². The molecule has 23 heavy (non-hydrogen) atoms. The highest BCUT2D eigenvalue weighted by molar-refractivity contribution is 5.88. The number of rotatable bonds is 5. The van der Waals surface area contributed by atoms with Crippen LogP contribution in [0.15, 0.2) is 24.3 Å². The summed E-state index contributed by atoms with van der Waals surface area (Å²) >= 11 is 0. The molecule has 0 unspecified atom stereocenters. The van der Waals surface area contributed by atoms with Crippen LogP contribution in [0.2, 0.25) is 0 Å². The number of nitrogens with zero attached hydrogens (tertiary/aromatic N) is 1. The Hall–Kier alpha value is -1.60. The van der Waals surface area contributed by atoms with E-state index in [4.69, 9.17) is 0 Å². The molecule has 0 radical (unpaired) electrons. The van der Waals surface area contributed by atoms with Crippen molar-refractivity contribution in [2.75, 3.05) is 31.5 Å². The molecule has 4 nitrogen and oxygen atoms in total. The highest BCUT2D eigenvalue weighted by atomic mass is 19.4. The summed E-state index contributed by atoms with van der Waals surface area (Å²) < 4.78 is 37.9. The van der Waals surface area contributed by atoms with Crippen molar-refractivity contribution in [3.05, 3.63) is 29.8 Å². The Morgan fingerprint density at radius 3 is 2.39 bits per heavy atom. The molecule has 1 aromatic rings. The normalized spacial score (nSPS) is 17.7. The van der Waals surface area contributed by atoms with Crippen molar-refractivity contribution in [1.82, 2.24) is 10.2 Å². The number of hydrogen-bond donors (Lipinski definition) is 2. The first kappa shape index (κ1) is 17.7. The number of piperazine rings is 1. The first-order valence-corrected chi connectivity index (χ1v) is 7.74. The zero-order chi connectivity index (χ0) is 16.9. The van der Waals surface area contributed by atoms with E-state index in [2.05, 4.69) is 15.5 Å². The van der Waals surface area contributed by atoms with Crippen molar-refractivity contribution in [2.24, 2.45) is 0 Å². The number of alkyl halides is 3. The topological polar surface area (TPSA) is 44.4 Å². The van der Waals surface area contributed by atoms with Crippen LogP contribution in [0.5, 0.6) is 0 Å². The van der Waals surface area contributed by atoms with Crippen LogP contribution >= 0.6 is 0 Å². The van der Waals surface area contributed by atoms with Crippen LogP contribution in [-0.4, -0.2) is 43.2 Å². The van der Waals surface area contributed by atoms with Gasteiger partial charge in [0.15, 0.2) is 0 Å². The van der Waals surface area contributed by atoms with Crippen LogP contribution in [-0.2, 0) is 4.79 Å². The maximum Gasteiger partial charge on any atom is 0.389 e. The van der Waals surface area contributed by atoms with Gasteiger partial charge in [-0.05, 0) is 24.1 Å². The van der Waals surface area contributed by atoms with Gasteiger partial charge in [0.2, 0.25) is 5.91 Å². The summed E-state index contributed by atoms with van der Waals surface area (Å²) in [5, 5.41) is 5.88. The van der Waals surface area contributed by atoms with Crippen LogP contribution in [0.25, 0.3) is 0 Å². The lowest BCUT2D eigenvalue weighted by molar-refractivity contribution is -0.138. The fraction of sp³-hybridized carbons (Fsp3) is 0.562. The standard InChI is InChI=1S/C16H22F3N3O/c1-12(23)21-14-4-2-13(3-5-14)15(6-7-16(17,18)19)22-10-8-20-9-11-22/h2-5,15,20H,6-11H2,1H3,(H,21,23)/t15-/m0/s1. The largest absolute Gasteiger partial charge is 0.389 e. The number of nitrogens with one attached hydrogen (secondary N) is 2. The van der Waals surface area contributed by atoms with Crippen LogP contribution in [0.4, 0.5) is 18.9 Å². The van der Waals surface area contributed by atoms with Gasteiger partial charge < -0.3 is 10.6 Å². The molecule has 1 fully saturated rings. The average Bonchev–Trinajstić information content (AvgIpc) is 2.48. The predicted octanol–water partition coefficient (Wildman–Crippen LogP) is 2.93. The van der Waals surface area contributed by atoms with E-state index in [-0.39, 0.29) is 18.4 Å². The number of carbonyl (C=O) groups excluding carboxylic acids is 1. The molecule has 0 aliphatic carbocycles. The molecule has 2 rings (SSSR count). The highest BCUT2D eigenvalue weighted by Crippen LogP contribution is 2.32. The molecule has 1 amide bonds. The molecule has 128 valence electrons. The summed E-state index contributed by atoms with van der Waals surface area (Å²) in [6.45, 7) is 4.45. The Kier molecular flexibility index (Phi) is 6.01. The first-order valence-electron chi connectivity index (χ1n) is 7.74. The van der Waals surface area contributed by atoms with Crippen LogP contribution in [0.1, 0.15) is 31.4 Å². The van der Waals surface area contributed by atoms with Crippen molar-refractivity contribution >= 4 is 11.6 Å². The third-order valence-electron chi connectivity index (χ3n) is 3.91. The van der Waals surface area contributed by atoms with Gasteiger partial charge in [0, 0.05) is 51.3 Å². The number of hydrogen-bond acceptors (Lipinski definition) is 3. The summed E-state index contributed by atoms with van der Waals surface area (Å²) in [5.41, 5.74) is 1.50. The van der Waals surface area contributed by atoms with Crippen LogP contribution in [0, 0.1) is 0 Å². The van der Waals surface area contributed by atoms with Gasteiger partial charge in [-0.1, -0.05) is 12.1 Å². The summed E-state index contributed by atoms with van der Waals surface area (Å²) in [4.78, 5) is 13.1. The SMILES string of the molecule is CC(=O)Nc1ccc([C@H](CCC(F)(F)F)N2CCNCC2)cc1. The maximum absolute atomic E-state index is 12.6. The second kappa shape index (κ2) is 7.79. The quantitative estimate of drug-likeness (QED) is 0.873. The molecular formula is C16H22F3N3O. The van der Waals surface area contributed by atoms with E-state index in [9.17, 15) is 18.0 Å². The lowest BCUT2D eigenvalue weighted by Crippen LogP contribution is -2.45. The minimum Gasteiger partial charge on any atom is -0.326 e. The molecule has 0 bridgehead atoms. The summed E-state index contributed by atoms with van der Waals surface area (Å²) in [5.74, 6) is -0.173. The molecule has 1 aliphatic heterocycles. The van der Waals surface area contributed by atoms with Gasteiger partial charge in [-0.25, -0.2) is 0 Å². The smallest absolute Gasteiger partial charge is 0.326 e. The third kappa shape index (κ3) is 5.84. The summed E-state index contributed by atoms with van der Waals surface area (Å²) in [6.07, 6.45) is -4.90. The molecule has 1 aromatic carbocycles. The van der Waals surface area contributed by atoms with E-state index < -0.39 is 12.6 Å². The Morgan fingerprint density at radius 1 is 1.26 bits per heavy atom. The second-order valence-electron chi connectivity index (χ2n) is 5.76. The zero-order valence-electron chi connectivity index (χ0n) is 13.1. The molecule has 1 heterocycles. The molecular weight excluding hydrogens is 307 g/mol. The number of anilines is 1. The van der Waals surface area contributed by atoms with E-state index >= 15 is 0 Å². The molecule has 1 saturated heterocycles. The molecule has 0 aromatic heterocycles. The molecule has 2 N–H and O–H groups in total. The van der Waals surface area contributed by atoms with Crippen molar-refractivity contribution in [3.63, 3.8) is 0 Å². The molecule has 7 heteroatoms. The van der Waals surface area contributed by atoms with Crippen molar-refractivity contribution < 1.29 is 18.0 Å².